The molecule has 0 fully saturated rings. The largest absolute Gasteiger partial charge is 0.325 e. The molecule has 0 aliphatic rings. The van der Waals surface area contributed by atoms with Gasteiger partial charge < -0.3 is 5.73 Å². The average molecular weight is 186 g/mol. The van der Waals surface area contributed by atoms with Crippen LogP contribution in [-0.2, 0) is 0 Å². The van der Waals surface area contributed by atoms with E-state index in [2.05, 4.69) is 37.4 Å². The molecule has 0 heterocycles. The predicted molar refractivity (Wildman–Crippen MR) is 61.3 cm³/mol. The molecule has 1 aromatic rings. The summed E-state index contributed by atoms with van der Waals surface area (Å²) in [5, 5.41) is 0. The molecular weight excluding hydrogens is 170 g/mol. The minimum absolute atomic E-state index is 0.931. The standard InChI is InChI=1S/C13H15N/c1-3-13(14)10-9-11(2)12-7-5-4-6-8-12/h3-10H,1,14H2,2H3/p+1. The van der Waals surface area contributed by atoms with Crippen LogP contribution in [0.5, 0.6) is 0 Å². The summed E-state index contributed by atoms with van der Waals surface area (Å²) >= 11 is 0. The molecule has 0 bridgehead atoms. The molecule has 0 amide bonds. The molecule has 1 nitrogen and oxygen atoms in total. The number of hydrogen-bond acceptors (Lipinski definition) is 0. The fourth-order valence-corrected chi connectivity index (χ4v) is 1.10. The van der Waals surface area contributed by atoms with Gasteiger partial charge in [-0.25, -0.2) is 0 Å². The molecule has 14 heavy (non-hydrogen) atoms. The van der Waals surface area contributed by atoms with Gasteiger partial charge in [-0.3, -0.25) is 0 Å². The summed E-state index contributed by atoms with van der Waals surface area (Å²) < 4.78 is 0. The highest BCUT2D eigenvalue weighted by molar-refractivity contribution is 5.65. The lowest BCUT2D eigenvalue weighted by Gasteiger charge is -1.98. The first-order valence-corrected chi connectivity index (χ1v) is 4.62. The Morgan fingerprint density at radius 1 is 1.21 bits per heavy atom. The van der Waals surface area contributed by atoms with Crippen molar-refractivity contribution in [3.63, 3.8) is 0 Å². The van der Waals surface area contributed by atoms with E-state index in [1.807, 2.05) is 24.3 Å². The van der Waals surface area contributed by atoms with Crippen LogP contribution in [0.2, 0.25) is 0 Å². The van der Waals surface area contributed by atoms with Gasteiger partial charge in [-0.05, 0) is 30.2 Å². The van der Waals surface area contributed by atoms with Crippen molar-refractivity contribution in [2.75, 3.05) is 0 Å². The molecular formula is C13H16N+. The fraction of sp³-hybridized carbons (Fsp3) is 0.0769. The van der Waals surface area contributed by atoms with Gasteiger partial charge in [-0.15, -0.1) is 0 Å². The smallest absolute Gasteiger partial charge is 0.127 e. The molecule has 0 aliphatic heterocycles. The highest BCUT2D eigenvalue weighted by Crippen LogP contribution is 2.12. The highest BCUT2D eigenvalue weighted by Gasteiger charge is 1.91. The predicted octanol–water partition coefficient (Wildman–Crippen LogP) is 2.40. The lowest BCUT2D eigenvalue weighted by atomic mass is 10.1. The van der Waals surface area contributed by atoms with Crippen LogP contribution in [0.25, 0.3) is 5.57 Å². The first-order chi connectivity index (χ1) is 6.74. The molecule has 0 atom stereocenters. The van der Waals surface area contributed by atoms with Crippen LogP contribution < -0.4 is 5.73 Å². The van der Waals surface area contributed by atoms with Gasteiger partial charge in [0.1, 0.15) is 5.70 Å². The van der Waals surface area contributed by atoms with Crippen LogP contribution in [0, 0.1) is 0 Å². The lowest BCUT2D eigenvalue weighted by molar-refractivity contribution is -0.294. The van der Waals surface area contributed by atoms with Gasteiger partial charge in [0.15, 0.2) is 0 Å². The van der Waals surface area contributed by atoms with E-state index >= 15 is 0 Å². The second-order valence-electron chi connectivity index (χ2n) is 3.16. The summed E-state index contributed by atoms with van der Waals surface area (Å²) in [5.74, 6) is 0. The third-order valence-electron chi connectivity index (χ3n) is 2.04. The normalized spacial score (nSPS) is 12.7. The number of rotatable bonds is 3. The van der Waals surface area contributed by atoms with E-state index in [4.69, 9.17) is 0 Å². The SMILES string of the molecule is C=CC([NH3+])=CC=C(C)c1ccccc1. The summed E-state index contributed by atoms with van der Waals surface area (Å²) in [7, 11) is 0. The molecule has 1 aromatic carbocycles. The number of allylic oxidation sites excluding steroid dienone is 4. The molecule has 0 aliphatic carbocycles. The van der Waals surface area contributed by atoms with Gasteiger partial charge in [0, 0.05) is 0 Å². The van der Waals surface area contributed by atoms with Gasteiger partial charge in [0.25, 0.3) is 0 Å². The van der Waals surface area contributed by atoms with Crippen LogP contribution in [-0.4, -0.2) is 0 Å². The van der Waals surface area contributed by atoms with E-state index in [1.165, 1.54) is 11.1 Å². The van der Waals surface area contributed by atoms with Crippen molar-refractivity contribution >= 4 is 5.57 Å². The maximum atomic E-state index is 3.82. The van der Waals surface area contributed by atoms with Gasteiger partial charge >= 0.3 is 0 Å². The number of hydrogen-bond donors (Lipinski definition) is 1. The molecule has 0 saturated heterocycles. The zero-order valence-electron chi connectivity index (χ0n) is 8.53. The zero-order valence-corrected chi connectivity index (χ0v) is 8.53. The monoisotopic (exact) mass is 186 g/mol. The van der Waals surface area contributed by atoms with Crippen LogP contribution in [0.4, 0.5) is 0 Å². The molecule has 1 heteroatoms. The molecule has 0 radical (unpaired) electrons. The first-order valence-electron chi connectivity index (χ1n) is 4.62. The second kappa shape index (κ2) is 5.20. The molecule has 0 saturated carbocycles. The van der Waals surface area contributed by atoms with Gasteiger partial charge in [0.2, 0.25) is 0 Å². The Bertz CT molecular complexity index is 358. The second-order valence-corrected chi connectivity index (χ2v) is 3.16. The molecule has 0 spiro atoms. The lowest BCUT2D eigenvalue weighted by Crippen LogP contribution is -2.46. The number of quaternary nitrogens is 1. The van der Waals surface area contributed by atoms with E-state index in [1.54, 1.807) is 6.08 Å². The molecule has 0 aromatic heterocycles. The first kappa shape index (κ1) is 10.5. The summed E-state index contributed by atoms with van der Waals surface area (Å²) in [5.41, 5.74) is 7.22. The van der Waals surface area contributed by atoms with E-state index in [-0.39, 0.29) is 0 Å². The number of benzene rings is 1. The van der Waals surface area contributed by atoms with Crippen molar-refractivity contribution in [3.05, 3.63) is 66.4 Å². The Hall–Kier alpha value is -1.60. The Balaban J connectivity index is 2.86. The zero-order chi connectivity index (χ0) is 10.4. The van der Waals surface area contributed by atoms with Crippen molar-refractivity contribution in [2.24, 2.45) is 0 Å². The Morgan fingerprint density at radius 2 is 1.86 bits per heavy atom. The van der Waals surface area contributed by atoms with Crippen molar-refractivity contribution in [3.8, 4) is 0 Å². The van der Waals surface area contributed by atoms with E-state index < -0.39 is 0 Å². The van der Waals surface area contributed by atoms with Crippen LogP contribution in [0.3, 0.4) is 0 Å². The Labute approximate surface area is 85.3 Å². The summed E-state index contributed by atoms with van der Waals surface area (Å²) in [4.78, 5) is 0. The van der Waals surface area contributed by atoms with E-state index in [0.29, 0.717) is 0 Å². The van der Waals surface area contributed by atoms with Crippen molar-refractivity contribution in [2.45, 2.75) is 6.92 Å². The molecule has 1 rings (SSSR count). The van der Waals surface area contributed by atoms with Crippen molar-refractivity contribution < 1.29 is 5.73 Å². The molecule has 3 N–H and O–H groups in total. The van der Waals surface area contributed by atoms with Crippen LogP contribution >= 0.6 is 0 Å². The van der Waals surface area contributed by atoms with E-state index in [0.717, 1.165) is 5.70 Å². The van der Waals surface area contributed by atoms with Crippen molar-refractivity contribution in [1.82, 2.24) is 0 Å². The van der Waals surface area contributed by atoms with Gasteiger partial charge in [0.05, 0.1) is 0 Å². The van der Waals surface area contributed by atoms with Crippen LogP contribution in [0.1, 0.15) is 12.5 Å². The summed E-state index contributed by atoms with van der Waals surface area (Å²) in [6.07, 6.45) is 5.77. The summed E-state index contributed by atoms with van der Waals surface area (Å²) in [6.45, 7) is 5.74. The van der Waals surface area contributed by atoms with Gasteiger partial charge in [-0.1, -0.05) is 43.0 Å². The van der Waals surface area contributed by atoms with E-state index in [9.17, 15) is 0 Å². The van der Waals surface area contributed by atoms with Crippen molar-refractivity contribution in [1.29, 1.82) is 0 Å². The van der Waals surface area contributed by atoms with Gasteiger partial charge in [-0.2, -0.15) is 0 Å². The Kier molecular flexibility index (Phi) is 3.89. The maximum absolute atomic E-state index is 3.82. The quantitative estimate of drug-likeness (QED) is 0.702. The minimum Gasteiger partial charge on any atom is -0.325 e. The average Bonchev–Trinajstić information content (AvgIpc) is 2.26. The van der Waals surface area contributed by atoms with Crippen LogP contribution in [0.15, 0.2) is 60.8 Å². The fourth-order valence-electron chi connectivity index (χ4n) is 1.10. The minimum atomic E-state index is 0.931. The maximum Gasteiger partial charge on any atom is 0.127 e. The highest BCUT2D eigenvalue weighted by atomic mass is 14.5. The third kappa shape index (κ3) is 3.04. The topological polar surface area (TPSA) is 27.6 Å². The molecule has 0 unspecified atom stereocenters. The Morgan fingerprint density at radius 3 is 2.43 bits per heavy atom. The molecule has 72 valence electrons. The summed E-state index contributed by atoms with van der Waals surface area (Å²) in [6, 6.07) is 10.3. The third-order valence-corrected chi connectivity index (χ3v) is 2.04.